The van der Waals surface area contributed by atoms with Gasteiger partial charge in [0.2, 0.25) is 0 Å². The Hall–Kier alpha value is -2.60. The second kappa shape index (κ2) is 6.61. The molecule has 0 bridgehead atoms. The quantitative estimate of drug-likeness (QED) is 0.501. The normalized spacial score (nSPS) is 15.8. The van der Waals surface area contributed by atoms with Crippen LogP contribution in [0.4, 0.5) is 0 Å². The second-order valence-electron chi connectivity index (χ2n) is 7.55. The van der Waals surface area contributed by atoms with Crippen molar-refractivity contribution in [1.82, 2.24) is 0 Å². The van der Waals surface area contributed by atoms with E-state index >= 15 is 0 Å². The first-order valence-electron chi connectivity index (χ1n) is 9.86. The van der Waals surface area contributed by atoms with Gasteiger partial charge in [-0.05, 0) is 77.1 Å². The van der Waals surface area contributed by atoms with Crippen molar-refractivity contribution >= 4 is 16.3 Å². The molecule has 2 aliphatic carbocycles. The number of benzene rings is 3. The fraction of sp³-hybridized carbons (Fsp3) is 0.231. The molecule has 26 heavy (non-hydrogen) atoms. The van der Waals surface area contributed by atoms with Gasteiger partial charge in [0.05, 0.1) is 0 Å². The maximum atomic E-state index is 2.37. The second-order valence-corrected chi connectivity index (χ2v) is 7.55. The Balaban J connectivity index is 1.60. The molecule has 0 spiro atoms. The van der Waals surface area contributed by atoms with Gasteiger partial charge in [-0.2, -0.15) is 0 Å². The first-order chi connectivity index (χ1) is 12.9. The Morgan fingerprint density at radius 3 is 2.58 bits per heavy atom. The predicted octanol–water partition coefficient (Wildman–Crippen LogP) is 6.67. The molecular formula is C26H24. The summed E-state index contributed by atoms with van der Waals surface area (Å²) in [6, 6.07) is 22.4. The van der Waals surface area contributed by atoms with Crippen LogP contribution in [0.25, 0.3) is 16.3 Å². The number of hydrogen-bond acceptors (Lipinski definition) is 0. The molecule has 0 aliphatic heterocycles. The van der Waals surface area contributed by atoms with E-state index in [0.717, 1.165) is 12.8 Å². The molecule has 0 unspecified atom stereocenters. The molecule has 0 amide bonds. The third kappa shape index (κ3) is 2.70. The van der Waals surface area contributed by atoms with E-state index < -0.39 is 0 Å². The maximum absolute atomic E-state index is 2.37. The molecule has 0 N–H and O–H groups in total. The Morgan fingerprint density at radius 2 is 1.65 bits per heavy atom. The highest BCUT2D eigenvalue weighted by molar-refractivity contribution is 5.95. The molecule has 0 saturated carbocycles. The molecule has 0 fully saturated rings. The van der Waals surface area contributed by atoms with Crippen LogP contribution in [0.1, 0.15) is 41.5 Å². The number of aryl methyl sites for hydroxylation is 3. The average molecular weight is 336 g/mol. The lowest BCUT2D eigenvalue weighted by molar-refractivity contribution is 0.830. The minimum Gasteiger partial charge on any atom is -0.0836 e. The summed E-state index contributed by atoms with van der Waals surface area (Å²) in [4.78, 5) is 0. The SMILES string of the molecule is C1=CC2=C(CC1)CCc1c2ccc2cccc(CCc3ccccc3)c12. The van der Waals surface area contributed by atoms with Gasteiger partial charge in [-0.15, -0.1) is 0 Å². The van der Waals surface area contributed by atoms with E-state index in [-0.39, 0.29) is 0 Å². The molecule has 0 saturated heterocycles. The van der Waals surface area contributed by atoms with Crippen molar-refractivity contribution in [2.75, 3.05) is 0 Å². The average Bonchev–Trinajstić information content (AvgIpc) is 2.72. The van der Waals surface area contributed by atoms with Crippen LogP contribution in [0.3, 0.4) is 0 Å². The zero-order valence-corrected chi connectivity index (χ0v) is 15.2. The highest BCUT2D eigenvalue weighted by Crippen LogP contribution is 2.40. The minimum absolute atomic E-state index is 1.11. The molecular weight excluding hydrogens is 312 g/mol. The first-order valence-corrected chi connectivity index (χ1v) is 9.86. The van der Waals surface area contributed by atoms with Crippen molar-refractivity contribution in [2.45, 2.75) is 38.5 Å². The van der Waals surface area contributed by atoms with Gasteiger partial charge in [0.25, 0.3) is 0 Å². The number of rotatable bonds is 3. The van der Waals surface area contributed by atoms with E-state index in [1.165, 1.54) is 58.7 Å². The summed E-state index contributed by atoms with van der Waals surface area (Å²) in [5, 5.41) is 2.92. The number of fused-ring (bicyclic) bond motifs is 4. The summed E-state index contributed by atoms with van der Waals surface area (Å²) < 4.78 is 0. The molecule has 128 valence electrons. The molecule has 0 nitrogen and oxygen atoms in total. The van der Waals surface area contributed by atoms with Gasteiger partial charge in [0.15, 0.2) is 0 Å². The molecule has 0 radical (unpaired) electrons. The van der Waals surface area contributed by atoms with Gasteiger partial charge in [-0.25, -0.2) is 0 Å². The van der Waals surface area contributed by atoms with Gasteiger partial charge in [-0.3, -0.25) is 0 Å². The Kier molecular flexibility index (Phi) is 3.97. The summed E-state index contributed by atoms with van der Waals surface area (Å²) in [5.41, 5.74) is 9.18. The van der Waals surface area contributed by atoms with E-state index in [1.807, 2.05) is 0 Å². The van der Waals surface area contributed by atoms with Crippen molar-refractivity contribution in [2.24, 2.45) is 0 Å². The largest absolute Gasteiger partial charge is 0.0836 e. The lowest BCUT2D eigenvalue weighted by Crippen LogP contribution is -2.08. The summed E-state index contributed by atoms with van der Waals surface area (Å²) in [6.07, 6.45) is 11.8. The molecule has 0 aromatic heterocycles. The van der Waals surface area contributed by atoms with E-state index in [4.69, 9.17) is 0 Å². The van der Waals surface area contributed by atoms with Gasteiger partial charge < -0.3 is 0 Å². The summed E-state index contributed by atoms with van der Waals surface area (Å²) >= 11 is 0. The zero-order chi connectivity index (χ0) is 17.3. The summed E-state index contributed by atoms with van der Waals surface area (Å²) in [7, 11) is 0. The van der Waals surface area contributed by atoms with Crippen molar-refractivity contribution in [3.05, 3.63) is 101 Å². The first kappa shape index (κ1) is 15.6. The molecule has 0 heteroatoms. The van der Waals surface area contributed by atoms with Gasteiger partial charge >= 0.3 is 0 Å². The molecule has 3 aromatic rings. The highest BCUT2D eigenvalue weighted by Gasteiger charge is 2.21. The van der Waals surface area contributed by atoms with E-state index in [9.17, 15) is 0 Å². The van der Waals surface area contributed by atoms with Crippen molar-refractivity contribution < 1.29 is 0 Å². The van der Waals surface area contributed by atoms with Gasteiger partial charge in [-0.1, -0.05) is 78.4 Å². The van der Waals surface area contributed by atoms with Crippen LogP contribution in [0.15, 0.2) is 78.4 Å². The Bertz CT molecular complexity index is 1020. The van der Waals surface area contributed by atoms with Crippen LogP contribution in [0, 0.1) is 0 Å². The predicted molar refractivity (Wildman–Crippen MR) is 111 cm³/mol. The number of hydrogen-bond donors (Lipinski definition) is 0. The monoisotopic (exact) mass is 336 g/mol. The van der Waals surface area contributed by atoms with Crippen LogP contribution in [-0.4, -0.2) is 0 Å². The Labute approximate surface area is 155 Å². The smallest absolute Gasteiger partial charge is 0.0113 e. The Morgan fingerprint density at radius 1 is 0.731 bits per heavy atom. The lowest BCUT2D eigenvalue weighted by Gasteiger charge is -2.26. The molecule has 5 rings (SSSR count). The highest BCUT2D eigenvalue weighted by atomic mass is 14.3. The van der Waals surface area contributed by atoms with Crippen molar-refractivity contribution in [3.8, 4) is 0 Å². The molecule has 2 aliphatic rings. The third-order valence-corrected chi connectivity index (χ3v) is 6.01. The topological polar surface area (TPSA) is 0 Å². The van der Waals surface area contributed by atoms with Crippen molar-refractivity contribution in [3.63, 3.8) is 0 Å². The molecule has 0 atom stereocenters. The van der Waals surface area contributed by atoms with Gasteiger partial charge in [0, 0.05) is 0 Å². The fourth-order valence-corrected chi connectivity index (χ4v) is 4.71. The zero-order valence-electron chi connectivity index (χ0n) is 15.2. The summed E-state index contributed by atoms with van der Waals surface area (Å²) in [5.74, 6) is 0. The van der Waals surface area contributed by atoms with Crippen LogP contribution in [-0.2, 0) is 19.3 Å². The maximum Gasteiger partial charge on any atom is -0.0113 e. The van der Waals surface area contributed by atoms with E-state index in [1.54, 1.807) is 11.1 Å². The third-order valence-electron chi connectivity index (χ3n) is 6.01. The van der Waals surface area contributed by atoms with Gasteiger partial charge in [0.1, 0.15) is 0 Å². The molecule has 3 aromatic carbocycles. The number of allylic oxidation sites excluding steroid dienone is 4. The van der Waals surface area contributed by atoms with Crippen LogP contribution in [0.2, 0.25) is 0 Å². The van der Waals surface area contributed by atoms with Crippen LogP contribution >= 0.6 is 0 Å². The van der Waals surface area contributed by atoms with Crippen molar-refractivity contribution in [1.29, 1.82) is 0 Å². The molecule has 0 heterocycles. The summed E-state index contributed by atoms with van der Waals surface area (Å²) in [6.45, 7) is 0. The van der Waals surface area contributed by atoms with E-state index in [0.29, 0.717) is 0 Å². The fourth-order valence-electron chi connectivity index (χ4n) is 4.71. The lowest BCUT2D eigenvalue weighted by atomic mass is 9.78. The van der Waals surface area contributed by atoms with Crippen LogP contribution < -0.4 is 0 Å². The minimum atomic E-state index is 1.11. The standard InChI is InChI=1S/C26H24/c1-2-7-19(8-3-1)13-14-21-10-6-11-22-16-17-24-23-12-5-4-9-20(23)15-18-25(24)26(21)22/h1-3,5-8,10-12,16-17H,4,9,13-15,18H2. The van der Waals surface area contributed by atoms with E-state index in [2.05, 4.69) is 72.8 Å². The van der Waals surface area contributed by atoms with Crippen LogP contribution in [0.5, 0.6) is 0 Å².